The molecule has 0 aliphatic rings. The number of nitrogens with zero attached hydrogens (tertiary/aromatic N) is 1. The highest BCUT2D eigenvalue weighted by Gasteiger charge is 2.27. The van der Waals surface area contributed by atoms with Crippen LogP contribution in [0.5, 0.6) is 0 Å². The summed E-state index contributed by atoms with van der Waals surface area (Å²) in [5.74, 6) is 0.839. The highest BCUT2D eigenvalue weighted by atomic mass is 35.5. The molecule has 6 heteroatoms. The van der Waals surface area contributed by atoms with E-state index < -0.39 is 6.04 Å². The van der Waals surface area contributed by atoms with Gasteiger partial charge < -0.3 is 10.2 Å². The van der Waals surface area contributed by atoms with Gasteiger partial charge in [0, 0.05) is 23.4 Å². The predicted molar refractivity (Wildman–Crippen MR) is 122 cm³/mol. The number of rotatable bonds is 10. The first kappa shape index (κ1) is 23.3. The van der Waals surface area contributed by atoms with Crippen LogP contribution in [0.1, 0.15) is 38.3 Å². The minimum atomic E-state index is -0.579. The van der Waals surface area contributed by atoms with E-state index in [1.807, 2.05) is 62.4 Å². The summed E-state index contributed by atoms with van der Waals surface area (Å²) in [6.07, 6.45) is 0.837. The van der Waals surface area contributed by atoms with Crippen molar-refractivity contribution in [2.75, 3.05) is 5.75 Å². The van der Waals surface area contributed by atoms with Gasteiger partial charge in [0.2, 0.25) is 11.8 Å². The van der Waals surface area contributed by atoms with Crippen LogP contribution in [-0.2, 0) is 21.9 Å². The third kappa shape index (κ3) is 7.41. The van der Waals surface area contributed by atoms with Gasteiger partial charge in [0.25, 0.3) is 0 Å². The zero-order valence-corrected chi connectivity index (χ0v) is 18.8. The molecule has 2 rings (SSSR count). The van der Waals surface area contributed by atoms with Gasteiger partial charge in [0.15, 0.2) is 0 Å². The smallest absolute Gasteiger partial charge is 0.242 e. The summed E-state index contributed by atoms with van der Waals surface area (Å²) in [6.45, 7) is 6.05. The zero-order chi connectivity index (χ0) is 21.2. The third-order valence-corrected chi connectivity index (χ3v) is 6.16. The number of carbonyl (C=O) groups excluding carboxylic acids is 2. The van der Waals surface area contributed by atoms with Gasteiger partial charge in [-0.25, -0.2) is 0 Å². The van der Waals surface area contributed by atoms with E-state index >= 15 is 0 Å². The molecule has 0 aliphatic carbocycles. The Bertz CT molecular complexity index is 800. The second kappa shape index (κ2) is 11.9. The maximum atomic E-state index is 13.0. The van der Waals surface area contributed by atoms with E-state index in [-0.39, 0.29) is 17.9 Å². The van der Waals surface area contributed by atoms with Crippen LogP contribution in [0.2, 0.25) is 5.02 Å². The SMILES string of the molecule is CC[C@H](C)NC(=O)[C@@H](C)N(Cc1ccccc1Cl)C(=O)CSCc1ccccc1. The van der Waals surface area contributed by atoms with Crippen LogP contribution in [-0.4, -0.2) is 34.6 Å². The minimum absolute atomic E-state index is 0.0645. The highest BCUT2D eigenvalue weighted by molar-refractivity contribution is 7.99. The molecule has 4 nitrogen and oxygen atoms in total. The molecule has 0 fully saturated rings. The maximum absolute atomic E-state index is 13.0. The molecule has 2 aromatic carbocycles. The molecule has 0 radical (unpaired) electrons. The Balaban J connectivity index is 2.08. The number of amides is 2. The van der Waals surface area contributed by atoms with Gasteiger partial charge in [0.1, 0.15) is 6.04 Å². The van der Waals surface area contributed by atoms with E-state index in [1.165, 1.54) is 5.56 Å². The number of benzene rings is 2. The fourth-order valence-corrected chi connectivity index (χ4v) is 3.84. The van der Waals surface area contributed by atoms with Crippen LogP contribution in [0.15, 0.2) is 54.6 Å². The largest absolute Gasteiger partial charge is 0.352 e. The van der Waals surface area contributed by atoms with Gasteiger partial charge >= 0.3 is 0 Å². The third-order valence-electron chi connectivity index (χ3n) is 4.80. The topological polar surface area (TPSA) is 49.4 Å². The van der Waals surface area contributed by atoms with Crippen molar-refractivity contribution in [2.45, 2.75) is 51.6 Å². The summed E-state index contributed by atoms with van der Waals surface area (Å²) >= 11 is 7.85. The first-order valence-electron chi connectivity index (χ1n) is 9.87. The minimum Gasteiger partial charge on any atom is -0.352 e. The van der Waals surface area contributed by atoms with E-state index in [0.29, 0.717) is 17.3 Å². The Hall–Kier alpha value is -1.98. The van der Waals surface area contributed by atoms with Crippen LogP contribution < -0.4 is 5.32 Å². The maximum Gasteiger partial charge on any atom is 0.242 e. The second-order valence-electron chi connectivity index (χ2n) is 7.09. The van der Waals surface area contributed by atoms with Crippen molar-refractivity contribution in [3.63, 3.8) is 0 Å². The Morgan fingerprint density at radius 1 is 1.07 bits per heavy atom. The number of nitrogens with one attached hydrogen (secondary N) is 1. The Morgan fingerprint density at radius 2 is 1.72 bits per heavy atom. The van der Waals surface area contributed by atoms with Crippen molar-refractivity contribution in [1.82, 2.24) is 10.2 Å². The van der Waals surface area contributed by atoms with Crippen LogP contribution in [0.4, 0.5) is 0 Å². The summed E-state index contributed by atoms with van der Waals surface area (Å²) in [5.41, 5.74) is 2.00. The van der Waals surface area contributed by atoms with Gasteiger partial charge in [0.05, 0.1) is 5.75 Å². The average Bonchev–Trinajstić information content (AvgIpc) is 2.73. The normalized spacial score (nSPS) is 12.8. The van der Waals surface area contributed by atoms with Gasteiger partial charge in [-0.05, 0) is 37.5 Å². The van der Waals surface area contributed by atoms with Crippen molar-refractivity contribution in [1.29, 1.82) is 0 Å². The molecule has 29 heavy (non-hydrogen) atoms. The molecule has 0 bridgehead atoms. The molecule has 2 aromatic rings. The Labute approximate surface area is 183 Å². The van der Waals surface area contributed by atoms with Crippen molar-refractivity contribution in [3.05, 3.63) is 70.7 Å². The molecule has 0 heterocycles. The monoisotopic (exact) mass is 432 g/mol. The fourth-order valence-electron chi connectivity index (χ4n) is 2.77. The Morgan fingerprint density at radius 3 is 2.38 bits per heavy atom. The first-order chi connectivity index (χ1) is 13.9. The Kier molecular flexibility index (Phi) is 9.55. The number of halogens is 1. The molecule has 0 aliphatic heterocycles. The molecule has 156 valence electrons. The zero-order valence-electron chi connectivity index (χ0n) is 17.2. The lowest BCUT2D eigenvalue weighted by Crippen LogP contribution is -2.50. The number of carbonyl (C=O) groups is 2. The van der Waals surface area contributed by atoms with Crippen molar-refractivity contribution in [3.8, 4) is 0 Å². The lowest BCUT2D eigenvalue weighted by molar-refractivity contribution is -0.138. The summed E-state index contributed by atoms with van der Waals surface area (Å²) in [6, 6.07) is 17.0. The molecule has 0 aromatic heterocycles. The molecular formula is C23H29ClN2O2S. The number of thioether (sulfide) groups is 1. The summed E-state index contributed by atoms with van der Waals surface area (Å²) in [4.78, 5) is 27.3. The molecule has 0 saturated heterocycles. The predicted octanol–water partition coefficient (Wildman–Crippen LogP) is 4.91. The molecule has 1 N–H and O–H groups in total. The average molecular weight is 433 g/mol. The van der Waals surface area contributed by atoms with E-state index in [1.54, 1.807) is 29.7 Å². The molecular weight excluding hydrogens is 404 g/mol. The summed E-state index contributed by atoms with van der Waals surface area (Å²) < 4.78 is 0. The van der Waals surface area contributed by atoms with E-state index in [9.17, 15) is 9.59 Å². The summed E-state index contributed by atoms with van der Waals surface area (Å²) in [7, 11) is 0. The second-order valence-corrected chi connectivity index (χ2v) is 8.48. The van der Waals surface area contributed by atoms with E-state index in [4.69, 9.17) is 11.6 Å². The van der Waals surface area contributed by atoms with Crippen LogP contribution in [0.25, 0.3) is 0 Å². The van der Waals surface area contributed by atoms with Gasteiger partial charge in [-0.15, -0.1) is 11.8 Å². The van der Waals surface area contributed by atoms with Crippen molar-refractivity contribution < 1.29 is 9.59 Å². The van der Waals surface area contributed by atoms with E-state index in [0.717, 1.165) is 17.7 Å². The first-order valence-corrected chi connectivity index (χ1v) is 11.4. The number of hydrogen-bond donors (Lipinski definition) is 1. The van der Waals surface area contributed by atoms with Gasteiger partial charge in [-0.2, -0.15) is 0 Å². The van der Waals surface area contributed by atoms with Crippen molar-refractivity contribution >= 4 is 35.2 Å². The van der Waals surface area contributed by atoms with Gasteiger partial charge in [-0.1, -0.05) is 67.1 Å². The lowest BCUT2D eigenvalue weighted by Gasteiger charge is -2.30. The van der Waals surface area contributed by atoms with Crippen molar-refractivity contribution in [2.24, 2.45) is 0 Å². The molecule has 0 saturated carbocycles. The molecule has 0 spiro atoms. The molecule has 2 atom stereocenters. The summed E-state index contributed by atoms with van der Waals surface area (Å²) in [5, 5.41) is 3.57. The fraction of sp³-hybridized carbons (Fsp3) is 0.391. The molecule has 2 amide bonds. The number of hydrogen-bond acceptors (Lipinski definition) is 3. The van der Waals surface area contributed by atoms with Crippen LogP contribution >= 0.6 is 23.4 Å². The molecule has 0 unspecified atom stereocenters. The van der Waals surface area contributed by atoms with Crippen LogP contribution in [0, 0.1) is 0 Å². The van der Waals surface area contributed by atoms with Gasteiger partial charge in [-0.3, -0.25) is 9.59 Å². The lowest BCUT2D eigenvalue weighted by atomic mass is 10.1. The van der Waals surface area contributed by atoms with Crippen LogP contribution in [0.3, 0.4) is 0 Å². The quantitative estimate of drug-likeness (QED) is 0.580. The standard InChI is InChI=1S/C23H29ClN2O2S/c1-4-17(2)25-23(28)18(3)26(14-20-12-8-9-13-21(20)24)22(27)16-29-15-19-10-6-5-7-11-19/h5-13,17-18H,4,14-16H2,1-3H3,(H,25,28)/t17-,18+/m0/s1. The highest BCUT2D eigenvalue weighted by Crippen LogP contribution is 2.20. The van der Waals surface area contributed by atoms with E-state index in [2.05, 4.69) is 5.32 Å².